The summed E-state index contributed by atoms with van der Waals surface area (Å²) in [6.45, 7) is 2.15. The fourth-order valence-corrected chi connectivity index (χ4v) is 2.82. The zero-order valence-corrected chi connectivity index (χ0v) is 14.3. The molecule has 0 radical (unpaired) electrons. The number of pyridine rings is 2. The van der Waals surface area contributed by atoms with Gasteiger partial charge in [0.1, 0.15) is 17.1 Å². The van der Waals surface area contributed by atoms with Gasteiger partial charge < -0.3 is 20.1 Å². The molecule has 0 unspecified atom stereocenters. The second-order valence-corrected chi connectivity index (χ2v) is 5.71. The van der Waals surface area contributed by atoms with E-state index in [0.717, 1.165) is 28.6 Å². The molecular weight excluding hydrogens is 318 g/mol. The minimum Gasteiger partial charge on any atom is -0.495 e. The van der Waals surface area contributed by atoms with Crippen LogP contribution in [0.2, 0.25) is 0 Å². The normalized spacial score (nSPS) is 10.8. The van der Waals surface area contributed by atoms with Crippen LogP contribution in [0, 0.1) is 0 Å². The van der Waals surface area contributed by atoms with E-state index >= 15 is 0 Å². The number of aromatic nitrogens is 2. The fraction of sp³-hybridized carbons (Fsp3) is 0.263. The molecule has 0 spiro atoms. The van der Waals surface area contributed by atoms with Crippen LogP contribution in [0.15, 0.2) is 41.2 Å². The minimum absolute atomic E-state index is 0.182. The zero-order valence-electron chi connectivity index (χ0n) is 14.3. The number of nitrogens with zero attached hydrogens (tertiary/aromatic N) is 1. The summed E-state index contributed by atoms with van der Waals surface area (Å²) in [6.07, 6.45) is 0.721. The fourth-order valence-electron chi connectivity index (χ4n) is 2.82. The average Bonchev–Trinajstić information content (AvgIpc) is 2.65. The Morgan fingerprint density at radius 2 is 2.08 bits per heavy atom. The largest absolute Gasteiger partial charge is 0.495 e. The molecular formula is C19H21N3O3. The van der Waals surface area contributed by atoms with Gasteiger partial charge in [0.05, 0.1) is 25.8 Å². The standard InChI is InChI=1S/C19H21N3O3/c1-3-12-8-15(19(24)22-17(12)11-23)20-10-16-18(25-2)9-13-6-4-5-7-14(13)21-16/h4-9,20,23H,3,10-11H2,1-2H3,(H,22,24). The highest BCUT2D eigenvalue weighted by Crippen LogP contribution is 2.23. The molecule has 3 rings (SSSR count). The van der Waals surface area contributed by atoms with Crippen molar-refractivity contribution in [2.75, 3.05) is 12.4 Å². The first-order chi connectivity index (χ1) is 12.2. The van der Waals surface area contributed by atoms with Gasteiger partial charge in [-0.05, 0) is 30.2 Å². The Kier molecular flexibility index (Phi) is 5.00. The average molecular weight is 339 g/mol. The first kappa shape index (κ1) is 17.0. The van der Waals surface area contributed by atoms with Crippen LogP contribution in [0.3, 0.4) is 0 Å². The van der Waals surface area contributed by atoms with Crippen molar-refractivity contribution in [3.63, 3.8) is 0 Å². The van der Waals surface area contributed by atoms with E-state index in [1.165, 1.54) is 0 Å². The van der Waals surface area contributed by atoms with Crippen LogP contribution < -0.4 is 15.6 Å². The molecule has 0 saturated heterocycles. The van der Waals surface area contributed by atoms with Gasteiger partial charge in [-0.25, -0.2) is 4.98 Å². The SMILES string of the molecule is CCc1cc(NCc2nc3ccccc3cc2OC)c(=O)[nH]c1CO. The molecule has 0 fully saturated rings. The third kappa shape index (κ3) is 3.49. The number of ether oxygens (including phenoxy) is 1. The molecule has 1 aromatic carbocycles. The van der Waals surface area contributed by atoms with Crippen molar-refractivity contribution >= 4 is 16.6 Å². The monoisotopic (exact) mass is 339 g/mol. The third-order valence-electron chi connectivity index (χ3n) is 4.18. The number of benzene rings is 1. The summed E-state index contributed by atoms with van der Waals surface area (Å²) in [7, 11) is 1.60. The van der Waals surface area contributed by atoms with Crippen LogP contribution in [0.25, 0.3) is 10.9 Å². The van der Waals surface area contributed by atoms with Crippen molar-refractivity contribution < 1.29 is 9.84 Å². The highest BCUT2D eigenvalue weighted by molar-refractivity contribution is 5.80. The minimum atomic E-state index is -0.263. The predicted molar refractivity (Wildman–Crippen MR) is 98.0 cm³/mol. The number of aliphatic hydroxyl groups is 1. The Morgan fingerprint density at radius 3 is 2.80 bits per heavy atom. The Labute approximate surface area is 145 Å². The maximum atomic E-state index is 12.2. The topological polar surface area (TPSA) is 87.2 Å². The number of para-hydroxylation sites is 1. The molecule has 6 heteroatoms. The lowest BCUT2D eigenvalue weighted by Crippen LogP contribution is -2.18. The molecule has 0 aliphatic carbocycles. The summed E-state index contributed by atoms with van der Waals surface area (Å²) in [5.74, 6) is 0.672. The van der Waals surface area contributed by atoms with Gasteiger partial charge in [0, 0.05) is 11.1 Å². The van der Waals surface area contributed by atoms with E-state index in [2.05, 4.69) is 15.3 Å². The highest BCUT2D eigenvalue weighted by atomic mass is 16.5. The lowest BCUT2D eigenvalue weighted by atomic mass is 10.1. The summed E-state index contributed by atoms with van der Waals surface area (Å²) in [4.78, 5) is 19.5. The number of anilines is 1. The van der Waals surface area contributed by atoms with Gasteiger partial charge in [-0.2, -0.15) is 0 Å². The van der Waals surface area contributed by atoms with Gasteiger partial charge in [-0.1, -0.05) is 25.1 Å². The molecule has 0 saturated carbocycles. The summed E-state index contributed by atoms with van der Waals surface area (Å²) in [5.41, 5.74) is 3.25. The number of nitrogens with one attached hydrogen (secondary N) is 2. The number of aryl methyl sites for hydroxylation is 1. The Balaban J connectivity index is 1.91. The van der Waals surface area contributed by atoms with E-state index < -0.39 is 0 Å². The van der Waals surface area contributed by atoms with E-state index in [4.69, 9.17) is 4.74 Å². The number of rotatable bonds is 6. The van der Waals surface area contributed by atoms with Gasteiger partial charge in [0.15, 0.2) is 0 Å². The van der Waals surface area contributed by atoms with Gasteiger partial charge in [0.25, 0.3) is 5.56 Å². The summed E-state index contributed by atoms with van der Waals surface area (Å²) in [5, 5.41) is 13.5. The maximum absolute atomic E-state index is 12.2. The molecule has 0 aliphatic rings. The molecule has 0 atom stereocenters. The van der Waals surface area contributed by atoms with Crippen molar-refractivity contribution in [2.24, 2.45) is 0 Å². The summed E-state index contributed by atoms with van der Waals surface area (Å²) in [6, 6.07) is 11.5. The van der Waals surface area contributed by atoms with Crippen molar-refractivity contribution in [3.8, 4) is 5.75 Å². The van der Waals surface area contributed by atoms with Gasteiger partial charge >= 0.3 is 0 Å². The molecule has 0 bridgehead atoms. The molecule has 2 aromatic heterocycles. The van der Waals surface area contributed by atoms with Crippen LogP contribution in [0.5, 0.6) is 5.75 Å². The number of aromatic amines is 1. The van der Waals surface area contributed by atoms with E-state index in [0.29, 0.717) is 23.7 Å². The molecule has 130 valence electrons. The van der Waals surface area contributed by atoms with E-state index in [9.17, 15) is 9.90 Å². The molecule has 0 aliphatic heterocycles. The smallest absolute Gasteiger partial charge is 0.271 e. The number of hydrogen-bond acceptors (Lipinski definition) is 5. The molecule has 6 nitrogen and oxygen atoms in total. The molecule has 25 heavy (non-hydrogen) atoms. The van der Waals surface area contributed by atoms with E-state index in [-0.39, 0.29) is 12.2 Å². The number of methoxy groups -OCH3 is 1. The summed E-state index contributed by atoms with van der Waals surface area (Å²) < 4.78 is 5.43. The number of aliphatic hydroxyl groups excluding tert-OH is 1. The first-order valence-electron chi connectivity index (χ1n) is 8.18. The quantitative estimate of drug-likeness (QED) is 0.642. The molecule has 3 aromatic rings. The maximum Gasteiger partial charge on any atom is 0.271 e. The lowest BCUT2D eigenvalue weighted by Gasteiger charge is -2.12. The number of H-pyrrole nitrogens is 1. The highest BCUT2D eigenvalue weighted by Gasteiger charge is 2.10. The van der Waals surface area contributed by atoms with Crippen molar-refractivity contribution in [1.82, 2.24) is 9.97 Å². The van der Waals surface area contributed by atoms with Crippen LogP contribution in [0.1, 0.15) is 23.9 Å². The Morgan fingerprint density at radius 1 is 1.28 bits per heavy atom. The van der Waals surface area contributed by atoms with Crippen molar-refractivity contribution in [1.29, 1.82) is 0 Å². The van der Waals surface area contributed by atoms with Crippen molar-refractivity contribution in [3.05, 3.63) is 63.7 Å². The number of hydrogen-bond donors (Lipinski definition) is 3. The number of fused-ring (bicyclic) bond motifs is 1. The second-order valence-electron chi connectivity index (χ2n) is 5.71. The Hall–Kier alpha value is -2.86. The molecule has 2 heterocycles. The lowest BCUT2D eigenvalue weighted by molar-refractivity contribution is 0.275. The van der Waals surface area contributed by atoms with Crippen LogP contribution >= 0.6 is 0 Å². The second kappa shape index (κ2) is 7.36. The van der Waals surface area contributed by atoms with Gasteiger partial charge in [-0.3, -0.25) is 4.79 Å². The summed E-state index contributed by atoms with van der Waals surface area (Å²) >= 11 is 0. The van der Waals surface area contributed by atoms with Gasteiger partial charge in [-0.15, -0.1) is 0 Å². The Bertz CT molecular complexity index is 950. The van der Waals surface area contributed by atoms with E-state index in [1.807, 2.05) is 37.3 Å². The molecule has 3 N–H and O–H groups in total. The predicted octanol–water partition coefficient (Wildman–Crippen LogP) is 2.60. The van der Waals surface area contributed by atoms with Crippen LogP contribution in [-0.4, -0.2) is 22.2 Å². The third-order valence-corrected chi connectivity index (χ3v) is 4.18. The van der Waals surface area contributed by atoms with Crippen LogP contribution in [-0.2, 0) is 19.6 Å². The van der Waals surface area contributed by atoms with Crippen molar-refractivity contribution in [2.45, 2.75) is 26.5 Å². The van der Waals surface area contributed by atoms with E-state index in [1.54, 1.807) is 13.2 Å². The van der Waals surface area contributed by atoms with Gasteiger partial charge in [0.2, 0.25) is 0 Å². The molecule has 0 amide bonds. The zero-order chi connectivity index (χ0) is 17.8. The van der Waals surface area contributed by atoms with Crippen LogP contribution in [0.4, 0.5) is 5.69 Å². The first-order valence-corrected chi connectivity index (χ1v) is 8.18.